The minimum Gasteiger partial charge on any atom is -0.394 e. The van der Waals surface area contributed by atoms with Crippen molar-refractivity contribution in [1.82, 2.24) is 0 Å². The molecule has 34 heteroatoms. The van der Waals surface area contributed by atoms with Crippen molar-refractivity contribution in [2.24, 2.45) is 5.92 Å². The minimum atomic E-state index is -2.19. The molecule has 21 saturated heterocycles. The molecule has 14 unspecified atom stereocenters. The lowest BCUT2D eigenvalue weighted by Crippen LogP contribution is -2.68. The van der Waals surface area contributed by atoms with Crippen molar-refractivity contribution < 1.29 is 168 Å². The van der Waals surface area contributed by atoms with E-state index in [0.29, 0.717) is 0 Å². The summed E-state index contributed by atoms with van der Waals surface area (Å²) in [6.07, 6.45) is -65.4. The molecule has 0 aliphatic carbocycles. The van der Waals surface area contributed by atoms with Crippen molar-refractivity contribution in [2.75, 3.05) is 46.2 Å². The van der Waals surface area contributed by atoms with E-state index in [4.69, 9.17) is 66.3 Å². The number of aliphatic hydroxyl groups excluding tert-OH is 20. The first kappa shape index (κ1) is 61.7. The summed E-state index contributed by atoms with van der Waals surface area (Å²) >= 11 is 0. The topological polar surface area (TPSA) is 534 Å². The van der Waals surface area contributed by atoms with Gasteiger partial charge in [-0.05, 0) is 0 Å². The van der Waals surface area contributed by atoms with Crippen molar-refractivity contribution in [1.29, 1.82) is 0 Å². The molecule has 0 spiro atoms. The molecular formula is C43H72O34. The third kappa shape index (κ3) is 12.1. The van der Waals surface area contributed by atoms with Crippen molar-refractivity contribution in [3.8, 4) is 0 Å². The number of aliphatic hydroxyl groups is 20. The quantitative estimate of drug-likeness (QED) is 0.113. The van der Waals surface area contributed by atoms with Crippen LogP contribution in [0.5, 0.6) is 0 Å². The summed E-state index contributed by atoms with van der Waals surface area (Å²) in [6.45, 7) is -5.60. The van der Waals surface area contributed by atoms with Gasteiger partial charge in [0.25, 0.3) is 0 Å². The van der Waals surface area contributed by atoms with Crippen LogP contribution in [-0.2, 0) is 66.3 Å². The van der Waals surface area contributed by atoms with E-state index in [1.54, 1.807) is 0 Å². The first-order chi connectivity index (χ1) is 36.7. The van der Waals surface area contributed by atoms with E-state index in [0.717, 1.165) is 0 Å². The normalized spacial score (nSPS) is 55.4. The van der Waals surface area contributed by atoms with Gasteiger partial charge in [0.2, 0.25) is 0 Å². The fraction of sp³-hybridized carbons (Fsp3) is 1.00. The van der Waals surface area contributed by atoms with Gasteiger partial charge in [0.05, 0.1) is 52.4 Å². The lowest BCUT2D eigenvalue weighted by atomic mass is 9.90. The van der Waals surface area contributed by atoms with Crippen LogP contribution in [0.3, 0.4) is 0 Å². The second-order valence-corrected chi connectivity index (χ2v) is 20.0. The summed E-state index contributed by atoms with van der Waals surface area (Å²) in [4.78, 5) is 0. The molecule has 21 rings (SSSR count). The second-order valence-electron chi connectivity index (χ2n) is 20.0. The van der Waals surface area contributed by atoms with Crippen molar-refractivity contribution in [3.05, 3.63) is 0 Å². The van der Waals surface area contributed by atoms with Gasteiger partial charge in [-0.25, -0.2) is 0 Å². The van der Waals surface area contributed by atoms with E-state index in [2.05, 4.69) is 0 Å². The van der Waals surface area contributed by atoms with Crippen LogP contribution in [0.15, 0.2) is 0 Å². The number of rotatable bonds is 7. The highest BCUT2D eigenvalue weighted by atomic mass is 16.8. The van der Waals surface area contributed by atoms with Gasteiger partial charge in [-0.3, -0.25) is 0 Å². The number of hydrogen-bond acceptors (Lipinski definition) is 34. The standard InChI is InChI=1S/C43H72O34/c1-9-17(51)37-64-10(2-44)30(9)71-38-24(58)18(52)32(12(4-46)65-38)73-40-26(60)20(54)34(14(6-48)67-40)75-42-28(62)22(56)36(16(8-50)69-42)77-43-29(63)23(57)35(15(7-49)70-43)76-41-27(61)21(55)33(13(5-47)68-41)74-39-25(59)19(53)31(72-37)11(3-45)66-39/h9-63H,2-8H2,1H3/t9-,10-,11-,12-,13-,14-,15-,16-,17?,18-,19-,20-,21-,22-,23-,24?,25?,26?,27?,28?,29?,30+,31-,32-,33-,34-,35-,36-,37?,38?,39?,40?,41?,42?,43?/m1/s1. The minimum absolute atomic E-state index is 0.887. The molecule has 77 heavy (non-hydrogen) atoms. The van der Waals surface area contributed by atoms with E-state index >= 15 is 0 Å². The fourth-order valence-corrected chi connectivity index (χ4v) is 10.7. The lowest BCUT2D eigenvalue weighted by Gasteiger charge is -2.50. The molecule has 448 valence electrons. The SMILES string of the molecule is C[C@@H]1C(O)C2O[C@H]3[C@H](O)C(O)C(O[C@H]4[C@H](O)C(O)C(O[C@H]5[C@H](O)C(O)C(O[C@H]6[C@H](O)C(O)C(O[C@H]7[C@H](O)C(O)C(O[C@H]8[C@H](O)C(O)C(O[C@@H]1[C@@H](CO)O2)O[C@@H]8CO)O[C@@H]7CO)O[C@@H]6CO)O[C@@H]5CO)O[C@@H]4CO)O[C@@H]3CO. The molecule has 35 atom stereocenters. The lowest BCUT2D eigenvalue weighted by molar-refractivity contribution is -0.396. The van der Waals surface area contributed by atoms with Crippen LogP contribution >= 0.6 is 0 Å². The van der Waals surface area contributed by atoms with Gasteiger partial charge in [0.15, 0.2) is 44.0 Å². The molecule has 21 aliphatic heterocycles. The average Bonchev–Trinajstić information content (AvgIpc) is 3.45. The third-order valence-corrected chi connectivity index (χ3v) is 15.2. The molecule has 21 fully saturated rings. The molecular weight excluding hydrogens is 1060 g/mol. The van der Waals surface area contributed by atoms with Crippen LogP contribution in [0.2, 0.25) is 0 Å². The highest BCUT2D eigenvalue weighted by Gasteiger charge is 2.59. The van der Waals surface area contributed by atoms with E-state index in [1.165, 1.54) is 6.92 Å². The highest BCUT2D eigenvalue weighted by molar-refractivity contribution is 5.01. The zero-order valence-electron chi connectivity index (χ0n) is 40.8. The van der Waals surface area contributed by atoms with Crippen molar-refractivity contribution in [2.45, 2.75) is 216 Å². The Bertz CT molecular complexity index is 1470. The Morgan fingerprint density at radius 1 is 0.195 bits per heavy atom. The van der Waals surface area contributed by atoms with E-state index in [1.807, 2.05) is 0 Å². The van der Waals surface area contributed by atoms with Crippen LogP contribution in [0.1, 0.15) is 6.92 Å². The molecule has 0 radical (unpaired) electrons. The third-order valence-electron chi connectivity index (χ3n) is 15.2. The highest BCUT2D eigenvalue weighted by Crippen LogP contribution is 2.39. The summed E-state index contributed by atoms with van der Waals surface area (Å²) in [5, 5.41) is 220. The largest absolute Gasteiger partial charge is 0.394 e. The Labute approximate surface area is 435 Å². The first-order valence-electron chi connectivity index (χ1n) is 24.9. The number of ether oxygens (including phenoxy) is 14. The molecule has 14 bridgehead atoms. The van der Waals surface area contributed by atoms with Gasteiger partial charge >= 0.3 is 0 Å². The maximum atomic E-state index is 11.5. The maximum absolute atomic E-state index is 11.5. The summed E-state index contributed by atoms with van der Waals surface area (Å²) in [6, 6.07) is 0. The number of hydrogen-bond donors (Lipinski definition) is 20. The summed E-state index contributed by atoms with van der Waals surface area (Å²) in [7, 11) is 0. The zero-order valence-corrected chi connectivity index (χ0v) is 40.8. The van der Waals surface area contributed by atoms with Crippen LogP contribution in [0, 0.1) is 5.92 Å². The van der Waals surface area contributed by atoms with Gasteiger partial charge in [-0.15, -0.1) is 0 Å². The van der Waals surface area contributed by atoms with Crippen LogP contribution in [0.4, 0.5) is 0 Å². The molecule has 0 aromatic heterocycles. The maximum Gasteiger partial charge on any atom is 0.187 e. The van der Waals surface area contributed by atoms with Crippen molar-refractivity contribution in [3.63, 3.8) is 0 Å². The first-order valence-corrected chi connectivity index (χ1v) is 24.9. The van der Waals surface area contributed by atoms with Gasteiger partial charge in [0, 0.05) is 5.92 Å². The Hall–Kier alpha value is -1.36. The molecule has 20 N–H and O–H groups in total. The molecule has 0 amide bonds. The van der Waals surface area contributed by atoms with E-state index in [9.17, 15) is 102 Å². The van der Waals surface area contributed by atoms with Gasteiger partial charge in [-0.2, -0.15) is 0 Å². The molecule has 21 heterocycles. The van der Waals surface area contributed by atoms with Crippen molar-refractivity contribution >= 4 is 0 Å². The predicted molar refractivity (Wildman–Crippen MR) is 232 cm³/mol. The second kappa shape index (κ2) is 26.1. The molecule has 0 saturated carbocycles. The predicted octanol–water partition coefficient (Wildman–Crippen LogP) is -14.0. The Kier molecular flexibility index (Phi) is 20.9. The monoisotopic (exact) mass is 1130 g/mol. The summed E-state index contributed by atoms with van der Waals surface area (Å²) in [5.74, 6) is -1.17. The Morgan fingerprint density at radius 3 is 0.506 bits per heavy atom. The molecule has 34 nitrogen and oxygen atoms in total. The molecule has 21 aliphatic rings. The van der Waals surface area contributed by atoms with E-state index < -0.39 is 261 Å². The summed E-state index contributed by atoms with van der Waals surface area (Å²) in [5.41, 5.74) is 0. The van der Waals surface area contributed by atoms with Crippen LogP contribution in [-0.4, -0.2) is 357 Å². The molecule has 0 aromatic rings. The smallest absolute Gasteiger partial charge is 0.187 e. The van der Waals surface area contributed by atoms with Gasteiger partial charge in [0.1, 0.15) is 159 Å². The average molecular weight is 1130 g/mol. The Balaban J connectivity index is 1.08. The fourth-order valence-electron chi connectivity index (χ4n) is 10.7. The summed E-state index contributed by atoms with van der Waals surface area (Å²) < 4.78 is 80.4. The van der Waals surface area contributed by atoms with E-state index in [-0.39, 0.29) is 0 Å². The van der Waals surface area contributed by atoms with Gasteiger partial charge < -0.3 is 168 Å². The molecule has 0 aromatic carbocycles. The van der Waals surface area contributed by atoms with Crippen LogP contribution < -0.4 is 0 Å². The Morgan fingerprint density at radius 2 is 0.338 bits per heavy atom. The zero-order chi connectivity index (χ0) is 56.1. The van der Waals surface area contributed by atoms with Gasteiger partial charge in [-0.1, -0.05) is 6.92 Å². The van der Waals surface area contributed by atoms with Crippen LogP contribution in [0.25, 0.3) is 0 Å².